The summed E-state index contributed by atoms with van der Waals surface area (Å²) >= 11 is 7.07. The number of thiazole rings is 1. The van der Waals surface area contributed by atoms with E-state index in [1.807, 2.05) is 5.38 Å². The predicted octanol–water partition coefficient (Wildman–Crippen LogP) is 1.31. The van der Waals surface area contributed by atoms with Crippen LogP contribution in [0.1, 0.15) is 17.1 Å². The van der Waals surface area contributed by atoms with Gasteiger partial charge in [-0.2, -0.15) is 0 Å². The molecule has 7 heteroatoms. The molecule has 0 bridgehead atoms. The third-order valence-corrected chi connectivity index (χ3v) is 4.01. The Labute approximate surface area is 112 Å². The summed E-state index contributed by atoms with van der Waals surface area (Å²) < 4.78 is 10.8. The van der Waals surface area contributed by atoms with Crippen LogP contribution in [0.4, 0.5) is 0 Å². The average Bonchev–Trinajstić information content (AvgIpc) is 2.72. The van der Waals surface area contributed by atoms with Crippen molar-refractivity contribution < 1.29 is 9.00 Å². The van der Waals surface area contributed by atoms with Crippen molar-refractivity contribution in [2.24, 2.45) is 0 Å². The number of carbonyl (C=O) groups is 1. The number of amides is 1. The SMILES string of the molecule is CS(=O)CCCNC(=O)Cc1nc(CCl)cs1. The number of nitrogens with one attached hydrogen (secondary N) is 1. The fraction of sp³-hybridized carbons (Fsp3) is 0.600. The third kappa shape index (κ3) is 6.14. The minimum atomic E-state index is -0.792. The summed E-state index contributed by atoms with van der Waals surface area (Å²) in [5, 5.41) is 5.41. The number of hydrogen-bond donors (Lipinski definition) is 1. The van der Waals surface area contributed by atoms with E-state index in [1.54, 1.807) is 6.26 Å². The maximum absolute atomic E-state index is 11.5. The molecule has 1 atom stereocenters. The maximum atomic E-state index is 11.5. The molecular weight excluding hydrogens is 280 g/mol. The van der Waals surface area contributed by atoms with Crippen LogP contribution in [0.3, 0.4) is 0 Å². The van der Waals surface area contributed by atoms with E-state index in [1.165, 1.54) is 11.3 Å². The topological polar surface area (TPSA) is 59.1 Å². The van der Waals surface area contributed by atoms with Gasteiger partial charge in [0.25, 0.3) is 0 Å². The van der Waals surface area contributed by atoms with Crippen LogP contribution in [0.25, 0.3) is 0 Å². The zero-order valence-corrected chi connectivity index (χ0v) is 12.0. The highest BCUT2D eigenvalue weighted by Crippen LogP contribution is 2.11. The molecule has 0 aliphatic rings. The van der Waals surface area contributed by atoms with Crippen LogP contribution < -0.4 is 5.32 Å². The van der Waals surface area contributed by atoms with Crippen LogP contribution in [0.15, 0.2) is 5.38 Å². The van der Waals surface area contributed by atoms with Gasteiger partial charge >= 0.3 is 0 Å². The zero-order chi connectivity index (χ0) is 12.7. The molecule has 1 rings (SSSR count). The fourth-order valence-electron chi connectivity index (χ4n) is 1.19. The Morgan fingerprint density at radius 3 is 3.00 bits per heavy atom. The van der Waals surface area contributed by atoms with E-state index >= 15 is 0 Å². The Morgan fingerprint density at radius 1 is 1.65 bits per heavy atom. The number of aromatic nitrogens is 1. The largest absolute Gasteiger partial charge is 0.356 e. The maximum Gasteiger partial charge on any atom is 0.226 e. The zero-order valence-electron chi connectivity index (χ0n) is 9.57. The molecule has 0 aliphatic carbocycles. The van der Waals surface area contributed by atoms with Gasteiger partial charge in [-0.1, -0.05) is 0 Å². The van der Waals surface area contributed by atoms with Crippen molar-refractivity contribution in [1.82, 2.24) is 10.3 Å². The first-order chi connectivity index (χ1) is 8.11. The molecule has 0 spiro atoms. The molecule has 1 amide bonds. The second-order valence-electron chi connectivity index (χ2n) is 3.52. The van der Waals surface area contributed by atoms with Gasteiger partial charge in [0, 0.05) is 34.7 Å². The second kappa shape index (κ2) is 7.79. The van der Waals surface area contributed by atoms with Crippen LogP contribution in [-0.4, -0.2) is 33.7 Å². The highest BCUT2D eigenvalue weighted by atomic mass is 35.5. The molecule has 1 unspecified atom stereocenters. The van der Waals surface area contributed by atoms with E-state index in [0.29, 0.717) is 18.2 Å². The van der Waals surface area contributed by atoms with Gasteiger partial charge in [0.2, 0.25) is 5.91 Å². The van der Waals surface area contributed by atoms with E-state index < -0.39 is 10.8 Å². The molecule has 1 heterocycles. The van der Waals surface area contributed by atoms with Crippen LogP contribution >= 0.6 is 22.9 Å². The minimum absolute atomic E-state index is 0.0534. The molecule has 0 aromatic carbocycles. The first-order valence-electron chi connectivity index (χ1n) is 5.17. The third-order valence-electron chi connectivity index (χ3n) is 1.98. The van der Waals surface area contributed by atoms with Gasteiger partial charge in [-0.25, -0.2) is 4.98 Å². The molecule has 0 radical (unpaired) electrons. The lowest BCUT2D eigenvalue weighted by atomic mass is 10.4. The van der Waals surface area contributed by atoms with E-state index in [2.05, 4.69) is 10.3 Å². The molecule has 0 saturated heterocycles. The van der Waals surface area contributed by atoms with Crippen molar-refractivity contribution in [3.63, 3.8) is 0 Å². The van der Waals surface area contributed by atoms with Crippen molar-refractivity contribution in [1.29, 1.82) is 0 Å². The summed E-state index contributed by atoms with van der Waals surface area (Å²) in [4.78, 5) is 15.7. The quantitative estimate of drug-likeness (QED) is 0.609. The van der Waals surface area contributed by atoms with Gasteiger partial charge in [0.05, 0.1) is 18.0 Å². The van der Waals surface area contributed by atoms with Gasteiger partial charge in [-0.3, -0.25) is 9.00 Å². The normalized spacial score (nSPS) is 12.4. The first kappa shape index (κ1) is 14.6. The monoisotopic (exact) mass is 294 g/mol. The Morgan fingerprint density at radius 2 is 2.41 bits per heavy atom. The fourth-order valence-corrected chi connectivity index (χ4v) is 2.77. The van der Waals surface area contributed by atoms with Gasteiger partial charge in [-0.15, -0.1) is 22.9 Å². The molecule has 4 nitrogen and oxygen atoms in total. The lowest BCUT2D eigenvalue weighted by molar-refractivity contribution is -0.120. The van der Waals surface area contributed by atoms with E-state index in [9.17, 15) is 9.00 Å². The van der Waals surface area contributed by atoms with E-state index in [-0.39, 0.29) is 12.3 Å². The van der Waals surface area contributed by atoms with Crippen LogP contribution in [0, 0.1) is 0 Å². The van der Waals surface area contributed by atoms with Gasteiger partial charge in [0.15, 0.2) is 0 Å². The van der Waals surface area contributed by atoms with Crippen LogP contribution in [0.2, 0.25) is 0 Å². The minimum Gasteiger partial charge on any atom is -0.356 e. The summed E-state index contributed by atoms with van der Waals surface area (Å²) in [6.07, 6.45) is 2.68. The smallest absolute Gasteiger partial charge is 0.226 e. The van der Waals surface area contributed by atoms with E-state index in [4.69, 9.17) is 11.6 Å². The van der Waals surface area contributed by atoms with E-state index in [0.717, 1.165) is 17.1 Å². The van der Waals surface area contributed by atoms with Crippen LogP contribution in [0.5, 0.6) is 0 Å². The molecule has 0 saturated carbocycles. The van der Waals surface area contributed by atoms with Crippen LogP contribution in [-0.2, 0) is 27.9 Å². The standard InChI is InChI=1S/C10H15ClN2O2S2/c1-17(15)4-2-3-12-9(14)5-10-13-8(6-11)7-16-10/h7H,2-6H2,1H3,(H,12,14). The van der Waals surface area contributed by atoms with Gasteiger partial charge in [-0.05, 0) is 6.42 Å². The molecule has 0 aliphatic heterocycles. The van der Waals surface area contributed by atoms with Crippen molar-refractivity contribution in [3.8, 4) is 0 Å². The number of alkyl halides is 1. The summed E-state index contributed by atoms with van der Waals surface area (Å²) in [5.74, 6) is 0.941. The number of halogens is 1. The Balaban J connectivity index is 2.22. The highest BCUT2D eigenvalue weighted by Gasteiger charge is 2.07. The second-order valence-corrected chi connectivity index (χ2v) is 6.29. The summed E-state index contributed by atoms with van der Waals surface area (Å²) in [6, 6.07) is 0. The van der Waals surface area contributed by atoms with Gasteiger partial charge in [0.1, 0.15) is 5.01 Å². The number of nitrogens with zero attached hydrogens (tertiary/aromatic N) is 1. The summed E-state index contributed by atoms with van der Waals surface area (Å²) in [7, 11) is -0.792. The molecule has 1 N–H and O–H groups in total. The van der Waals surface area contributed by atoms with Crippen molar-refractivity contribution >= 4 is 39.6 Å². The summed E-state index contributed by atoms with van der Waals surface area (Å²) in [5.41, 5.74) is 0.806. The van der Waals surface area contributed by atoms with Crippen molar-refractivity contribution in [2.75, 3.05) is 18.6 Å². The Hall–Kier alpha value is -0.460. The molecule has 17 heavy (non-hydrogen) atoms. The highest BCUT2D eigenvalue weighted by molar-refractivity contribution is 7.84. The number of carbonyl (C=O) groups excluding carboxylic acids is 1. The summed E-state index contributed by atoms with van der Waals surface area (Å²) in [6.45, 7) is 0.562. The average molecular weight is 295 g/mol. The number of rotatable bonds is 7. The lowest BCUT2D eigenvalue weighted by Crippen LogP contribution is -2.26. The first-order valence-corrected chi connectivity index (χ1v) is 8.32. The number of hydrogen-bond acceptors (Lipinski definition) is 4. The predicted molar refractivity (Wildman–Crippen MR) is 71.9 cm³/mol. The lowest BCUT2D eigenvalue weighted by Gasteiger charge is -2.02. The molecular formula is C10H15ClN2O2S2. The van der Waals surface area contributed by atoms with Crippen molar-refractivity contribution in [2.45, 2.75) is 18.7 Å². The Kier molecular flexibility index (Phi) is 6.69. The molecule has 96 valence electrons. The van der Waals surface area contributed by atoms with Gasteiger partial charge < -0.3 is 5.32 Å². The Bertz CT molecular complexity index is 395. The molecule has 1 aromatic rings. The van der Waals surface area contributed by atoms with Crippen molar-refractivity contribution in [3.05, 3.63) is 16.1 Å². The molecule has 1 aromatic heterocycles. The molecule has 0 fully saturated rings.